The SMILES string of the molecule is C=C(CC(=O)OCC(C)(F)F)C(=O)OC1C2CC3C1OS(=O)(=O)C3C2. The third kappa shape index (κ3) is 3.55. The Morgan fingerprint density at radius 2 is 2.00 bits per heavy atom. The van der Waals surface area contributed by atoms with Crippen LogP contribution in [-0.4, -0.2) is 50.3 Å². The number of fused-ring (bicyclic) bond motifs is 1. The third-order valence-corrected chi connectivity index (χ3v) is 6.56. The lowest BCUT2D eigenvalue weighted by Crippen LogP contribution is -2.37. The summed E-state index contributed by atoms with van der Waals surface area (Å²) in [4.78, 5) is 23.5. The van der Waals surface area contributed by atoms with Crippen molar-refractivity contribution in [3.8, 4) is 0 Å². The van der Waals surface area contributed by atoms with Gasteiger partial charge in [0.25, 0.3) is 16.0 Å². The summed E-state index contributed by atoms with van der Waals surface area (Å²) in [5, 5.41) is -0.536. The number of halogens is 2. The Morgan fingerprint density at radius 1 is 1.32 bits per heavy atom. The minimum atomic E-state index is -3.62. The van der Waals surface area contributed by atoms with E-state index in [0.29, 0.717) is 19.8 Å². The highest BCUT2D eigenvalue weighted by atomic mass is 32.2. The molecule has 3 rings (SSSR count). The van der Waals surface area contributed by atoms with Gasteiger partial charge in [-0.1, -0.05) is 6.58 Å². The lowest BCUT2D eigenvalue weighted by atomic mass is 9.94. The standard InChI is InChI=1S/C15H18F2O7S/c1-7(3-11(18)22-6-15(2,16)17)14(19)23-12-8-4-9-10(5-8)25(20,21)24-13(9)12/h8-10,12-13H,1,3-6H2,2H3. The summed E-state index contributed by atoms with van der Waals surface area (Å²) in [6, 6.07) is 0. The largest absolute Gasteiger partial charge is 0.459 e. The van der Waals surface area contributed by atoms with Gasteiger partial charge in [-0.3, -0.25) is 8.98 Å². The number of carbonyl (C=O) groups is 2. The maximum Gasteiger partial charge on any atom is 0.334 e. The quantitative estimate of drug-likeness (QED) is 0.388. The molecule has 140 valence electrons. The van der Waals surface area contributed by atoms with Crippen LogP contribution in [0.25, 0.3) is 0 Å². The number of ether oxygens (including phenoxy) is 2. The van der Waals surface area contributed by atoms with Crippen LogP contribution in [0.5, 0.6) is 0 Å². The van der Waals surface area contributed by atoms with Crippen LogP contribution in [0.4, 0.5) is 8.78 Å². The topological polar surface area (TPSA) is 96.0 Å². The van der Waals surface area contributed by atoms with Crippen molar-refractivity contribution in [3.63, 3.8) is 0 Å². The van der Waals surface area contributed by atoms with Crippen LogP contribution in [-0.2, 0) is 33.4 Å². The molecule has 3 fully saturated rings. The molecule has 0 aromatic rings. The zero-order valence-corrected chi connectivity index (χ0v) is 14.3. The first-order valence-corrected chi connectivity index (χ1v) is 9.29. The van der Waals surface area contributed by atoms with Crippen LogP contribution < -0.4 is 0 Å². The van der Waals surface area contributed by atoms with Crippen molar-refractivity contribution in [1.29, 1.82) is 0 Å². The van der Waals surface area contributed by atoms with E-state index in [0.717, 1.165) is 0 Å². The number of esters is 2. The van der Waals surface area contributed by atoms with Gasteiger partial charge in [0.05, 0.1) is 11.7 Å². The number of rotatable bonds is 6. The highest BCUT2D eigenvalue weighted by molar-refractivity contribution is 7.87. The van der Waals surface area contributed by atoms with Crippen LogP contribution >= 0.6 is 0 Å². The highest BCUT2D eigenvalue weighted by Crippen LogP contribution is 2.55. The second-order valence-corrected chi connectivity index (χ2v) is 8.65. The molecular weight excluding hydrogens is 362 g/mol. The summed E-state index contributed by atoms with van der Waals surface area (Å²) in [6.07, 6.45) is -1.01. The van der Waals surface area contributed by atoms with Crippen molar-refractivity contribution in [2.75, 3.05) is 6.61 Å². The molecular formula is C15H18F2O7S. The maximum absolute atomic E-state index is 12.6. The van der Waals surface area contributed by atoms with Crippen LogP contribution in [0, 0.1) is 11.8 Å². The molecule has 1 heterocycles. The number of carbonyl (C=O) groups excluding carboxylic acids is 2. The fourth-order valence-corrected chi connectivity index (χ4v) is 5.64. The first-order chi connectivity index (χ1) is 11.5. The molecule has 5 unspecified atom stereocenters. The van der Waals surface area contributed by atoms with Crippen molar-refractivity contribution < 1.29 is 40.4 Å². The fraction of sp³-hybridized carbons (Fsp3) is 0.733. The average Bonchev–Trinajstić information content (AvgIpc) is 3.08. The molecule has 2 saturated carbocycles. The molecule has 0 radical (unpaired) electrons. The summed E-state index contributed by atoms with van der Waals surface area (Å²) in [7, 11) is -3.62. The summed E-state index contributed by atoms with van der Waals surface area (Å²) < 4.78 is 63.7. The van der Waals surface area contributed by atoms with E-state index in [1.165, 1.54) is 0 Å². The second-order valence-electron chi connectivity index (χ2n) is 6.87. The molecule has 1 saturated heterocycles. The van der Waals surface area contributed by atoms with Crippen molar-refractivity contribution in [3.05, 3.63) is 12.2 Å². The molecule has 0 aromatic carbocycles. The van der Waals surface area contributed by atoms with Gasteiger partial charge in [-0.15, -0.1) is 0 Å². The highest BCUT2D eigenvalue weighted by Gasteiger charge is 2.65. The molecule has 1 aliphatic heterocycles. The van der Waals surface area contributed by atoms with Crippen molar-refractivity contribution in [2.24, 2.45) is 11.8 Å². The van der Waals surface area contributed by atoms with Gasteiger partial charge in [0, 0.05) is 24.3 Å². The molecule has 2 bridgehead atoms. The Hall–Kier alpha value is -1.55. The fourth-order valence-electron chi connectivity index (χ4n) is 3.76. The minimum absolute atomic E-state index is 0.111. The van der Waals surface area contributed by atoms with E-state index in [1.807, 2.05) is 0 Å². The van der Waals surface area contributed by atoms with Gasteiger partial charge in [0.2, 0.25) is 0 Å². The van der Waals surface area contributed by atoms with Gasteiger partial charge < -0.3 is 9.47 Å². The second kappa shape index (κ2) is 6.01. The van der Waals surface area contributed by atoms with Gasteiger partial charge in [0.15, 0.2) is 6.61 Å². The maximum atomic E-state index is 12.6. The first-order valence-electron chi connectivity index (χ1n) is 7.82. The third-order valence-electron chi connectivity index (χ3n) is 4.79. The zero-order valence-electron chi connectivity index (χ0n) is 13.4. The van der Waals surface area contributed by atoms with Gasteiger partial charge in [-0.05, 0) is 12.8 Å². The Balaban J connectivity index is 1.53. The normalized spacial score (nSPS) is 34.8. The Kier molecular flexibility index (Phi) is 4.39. The lowest BCUT2D eigenvalue weighted by Gasteiger charge is -2.25. The predicted octanol–water partition coefficient (Wildman–Crippen LogP) is 1.18. The van der Waals surface area contributed by atoms with Crippen LogP contribution in [0.2, 0.25) is 0 Å². The molecule has 0 spiro atoms. The number of hydrogen-bond donors (Lipinski definition) is 0. The van der Waals surface area contributed by atoms with E-state index in [2.05, 4.69) is 11.3 Å². The van der Waals surface area contributed by atoms with E-state index in [1.54, 1.807) is 0 Å². The molecule has 0 amide bonds. The van der Waals surface area contributed by atoms with Crippen molar-refractivity contribution in [1.82, 2.24) is 0 Å². The van der Waals surface area contributed by atoms with E-state index in [4.69, 9.17) is 8.92 Å². The Morgan fingerprint density at radius 3 is 2.64 bits per heavy atom. The van der Waals surface area contributed by atoms with E-state index < -0.39 is 58.5 Å². The van der Waals surface area contributed by atoms with Gasteiger partial charge in [0.1, 0.15) is 12.2 Å². The van der Waals surface area contributed by atoms with Gasteiger partial charge in [-0.2, -0.15) is 8.42 Å². The molecule has 10 heteroatoms. The van der Waals surface area contributed by atoms with Crippen molar-refractivity contribution >= 4 is 22.1 Å². The van der Waals surface area contributed by atoms with E-state index in [9.17, 15) is 26.8 Å². The number of hydrogen-bond acceptors (Lipinski definition) is 7. The monoisotopic (exact) mass is 380 g/mol. The van der Waals surface area contributed by atoms with Gasteiger partial charge in [-0.25, -0.2) is 13.6 Å². The summed E-state index contributed by atoms with van der Waals surface area (Å²) in [5.74, 6) is -5.36. The van der Waals surface area contributed by atoms with Crippen LogP contribution in [0.1, 0.15) is 26.2 Å². The summed E-state index contributed by atoms with van der Waals surface area (Å²) in [5.41, 5.74) is -0.246. The van der Waals surface area contributed by atoms with Crippen molar-refractivity contribution in [2.45, 2.75) is 49.6 Å². The van der Waals surface area contributed by atoms with Crippen LogP contribution in [0.3, 0.4) is 0 Å². The smallest absolute Gasteiger partial charge is 0.334 e. The molecule has 2 aliphatic carbocycles. The predicted molar refractivity (Wildman–Crippen MR) is 79.0 cm³/mol. The molecule has 0 N–H and O–H groups in total. The van der Waals surface area contributed by atoms with Gasteiger partial charge >= 0.3 is 11.9 Å². The van der Waals surface area contributed by atoms with E-state index >= 15 is 0 Å². The first kappa shape index (κ1) is 18.2. The van der Waals surface area contributed by atoms with E-state index in [-0.39, 0.29) is 17.4 Å². The Labute approximate surface area is 143 Å². The summed E-state index contributed by atoms with van der Waals surface area (Å²) in [6.45, 7) is 2.92. The molecule has 5 atom stereocenters. The molecule has 3 aliphatic rings. The average molecular weight is 380 g/mol. The molecule has 0 aromatic heterocycles. The minimum Gasteiger partial charge on any atom is -0.459 e. The molecule has 7 nitrogen and oxygen atoms in total. The Bertz CT molecular complexity index is 712. The zero-order chi connectivity index (χ0) is 18.6. The summed E-state index contributed by atoms with van der Waals surface area (Å²) >= 11 is 0. The number of alkyl halides is 2. The lowest BCUT2D eigenvalue weighted by molar-refractivity contribution is -0.156. The van der Waals surface area contributed by atoms with Crippen LogP contribution in [0.15, 0.2) is 12.2 Å². The molecule has 25 heavy (non-hydrogen) atoms.